The van der Waals surface area contributed by atoms with Gasteiger partial charge in [-0.05, 0) is 24.2 Å². The first-order valence-electron chi connectivity index (χ1n) is 9.49. The molecule has 0 bridgehead atoms. The maximum atomic E-state index is 13.0. The van der Waals surface area contributed by atoms with Crippen molar-refractivity contribution in [1.29, 1.82) is 0 Å². The number of likely N-dealkylation sites (N-methyl/N-ethyl adjacent to an activating group) is 1. The van der Waals surface area contributed by atoms with Gasteiger partial charge in [0.25, 0.3) is 0 Å². The molecule has 0 saturated carbocycles. The molecule has 2 aromatic carbocycles. The van der Waals surface area contributed by atoms with E-state index in [-0.39, 0.29) is 31.9 Å². The first-order valence-corrected chi connectivity index (χ1v) is 9.49. The van der Waals surface area contributed by atoms with Gasteiger partial charge < -0.3 is 10.6 Å². The number of hydrogen-bond acceptors (Lipinski definition) is 4. The van der Waals surface area contributed by atoms with Crippen molar-refractivity contribution < 1.29 is 27.6 Å². The van der Waals surface area contributed by atoms with Crippen molar-refractivity contribution >= 4 is 23.5 Å². The third-order valence-electron chi connectivity index (χ3n) is 4.24. The summed E-state index contributed by atoms with van der Waals surface area (Å²) in [4.78, 5) is 37.5. The van der Waals surface area contributed by atoms with Gasteiger partial charge in [-0.15, -0.1) is 0 Å². The number of hydrogen-bond donors (Lipinski definition) is 3. The topological polar surface area (TPSA) is 90.5 Å². The van der Waals surface area contributed by atoms with E-state index in [0.717, 1.165) is 17.7 Å². The number of carbonyl (C=O) groups excluding carboxylic acids is 3. The minimum absolute atomic E-state index is 0.235. The Kier molecular flexibility index (Phi) is 8.56. The molecular weight excluding hydrogens is 413 g/mol. The van der Waals surface area contributed by atoms with Crippen molar-refractivity contribution in [2.75, 3.05) is 25.0 Å². The Hall–Kier alpha value is -3.40. The van der Waals surface area contributed by atoms with Crippen LogP contribution in [0.4, 0.5) is 23.7 Å². The van der Waals surface area contributed by atoms with Crippen molar-refractivity contribution in [3.8, 4) is 0 Å². The fraction of sp³-hybridized carbons (Fsp3) is 0.286. The molecule has 4 amide bonds. The van der Waals surface area contributed by atoms with Crippen LogP contribution >= 0.6 is 0 Å². The third-order valence-corrected chi connectivity index (χ3v) is 4.24. The van der Waals surface area contributed by atoms with Crippen molar-refractivity contribution in [2.45, 2.75) is 19.6 Å². The molecule has 166 valence electrons. The average molecular weight is 436 g/mol. The van der Waals surface area contributed by atoms with E-state index in [1.165, 1.54) is 17.0 Å². The molecule has 31 heavy (non-hydrogen) atoms. The second-order valence-corrected chi connectivity index (χ2v) is 6.61. The van der Waals surface area contributed by atoms with E-state index in [0.29, 0.717) is 0 Å². The second-order valence-electron chi connectivity index (χ2n) is 6.61. The SMILES string of the molecule is CCN(CC(=O)NC(=O)NCc1ccccc1)CC(=O)Nc1ccccc1C(F)(F)F. The number of urea groups is 1. The first kappa shape index (κ1) is 23.9. The molecule has 0 saturated heterocycles. The van der Waals surface area contributed by atoms with E-state index in [2.05, 4.69) is 16.0 Å². The molecule has 10 heteroatoms. The van der Waals surface area contributed by atoms with Crippen LogP contribution in [0, 0.1) is 0 Å². The van der Waals surface area contributed by atoms with Crippen molar-refractivity contribution in [3.63, 3.8) is 0 Å². The van der Waals surface area contributed by atoms with Crippen LogP contribution in [-0.4, -0.2) is 42.4 Å². The van der Waals surface area contributed by atoms with E-state index >= 15 is 0 Å². The largest absolute Gasteiger partial charge is 0.418 e. The number of nitrogens with zero attached hydrogens (tertiary/aromatic N) is 1. The van der Waals surface area contributed by atoms with Crippen LogP contribution in [-0.2, 0) is 22.3 Å². The molecular formula is C21H23F3N4O3. The molecule has 2 rings (SSSR count). The molecule has 7 nitrogen and oxygen atoms in total. The van der Waals surface area contributed by atoms with Crippen LogP contribution in [0.15, 0.2) is 54.6 Å². The van der Waals surface area contributed by atoms with Crippen LogP contribution in [0.3, 0.4) is 0 Å². The summed E-state index contributed by atoms with van der Waals surface area (Å²) >= 11 is 0. The monoisotopic (exact) mass is 436 g/mol. The molecule has 0 heterocycles. The highest BCUT2D eigenvalue weighted by atomic mass is 19.4. The minimum atomic E-state index is -4.61. The summed E-state index contributed by atoms with van der Waals surface area (Å²) in [5.74, 6) is -1.35. The molecule has 0 unspecified atom stereocenters. The molecule has 2 aromatic rings. The standard InChI is InChI=1S/C21H23F3N4O3/c1-2-28(13-18(29)26-17-11-7-6-10-16(17)21(22,23)24)14-19(30)27-20(31)25-12-15-8-4-3-5-9-15/h3-11H,2,12-14H2,1H3,(H,26,29)(H2,25,27,30,31). The van der Waals surface area contributed by atoms with Gasteiger partial charge in [-0.3, -0.25) is 19.8 Å². The van der Waals surface area contributed by atoms with Gasteiger partial charge in [0.15, 0.2) is 0 Å². The summed E-state index contributed by atoms with van der Waals surface area (Å²) in [5.41, 5.74) is -0.462. The zero-order valence-electron chi connectivity index (χ0n) is 16.8. The van der Waals surface area contributed by atoms with E-state index in [1.54, 1.807) is 6.92 Å². The normalized spacial score (nSPS) is 11.1. The van der Waals surface area contributed by atoms with Crippen molar-refractivity contribution in [2.24, 2.45) is 0 Å². The van der Waals surface area contributed by atoms with Crippen molar-refractivity contribution in [3.05, 3.63) is 65.7 Å². The van der Waals surface area contributed by atoms with E-state index in [4.69, 9.17) is 0 Å². The fourth-order valence-corrected chi connectivity index (χ4v) is 2.70. The van der Waals surface area contributed by atoms with Gasteiger partial charge in [-0.25, -0.2) is 4.79 Å². The Labute approximate surface area is 177 Å². The van der Waals surface area contributed by atoms with Crippen molar-refractivity contribution in [1.82, 2.24) is 15.5 Å². The lowest BCUT2D eigenvalue weighted by Gasteiger charge is -2.20. The van der Waals surface area contributed by atoms with Gasteiger partial charge in [0.1, 0.15) is 0 Å². The fourth-order valence-electron chi connectivity index (χ4n) is 2.70. The Morgan fingerprint density at radius 3 is 2.16 bits per heavy atom. The summed E-state index contributed by atoms with van der Waals surface area (Å²) in [6, 6.07) is 13.0. The molecule has 0 aromatic heterocycles. The number of para-hydroxylation sites is 1. The summed E-state index contributed by atoms with van der Waals surface area (Å²) in [6.45, 7) is 1.59. The molecule has 0 atom stereocenters. The van der Waals surface area contributed by atoms with E-state index in [9.17, 15) is 27.6 Å². The maximum absolute atomic E-state index is 13.0. The Balaban J connectivity index is 1.84. The molecule has 0 spiro atoms. The smallest absolute Gasteiger partial charge is 0.334 e. The van der Waals surface area contributed by atoms with Gasteiger partial charge in [-0.1, -0.05) is 49.4 Å². The Morgan fingerprint density at radius 2 is 1.52 bits per heavy atom. The lowest BCUT2D eigenvalue weighted by atomic mass is 10.1. The zero-order chi connectivity index (χ0) is 22.9. The minimum Gasteiger partial charge on any atom is -0.334 e. The highest BCUT2D eigenvalue weighted by Crippen LogP contribution is 2.34. The van der Waals surface area contributed by atoms with Crippen LogP contribution in [0.5, 0.6) is 0 Å². The van der Waals surface area contributed by atoms with Crippen LogP contribution in [0.1, 0.15) is 18.1 Å². The molecule has 3 N–H and O–H groups in total. The third kappa shape index (κ3) is 8.09. The summed E-state index contributed by atoms with van der Waals surface area (Å²) < 4.78 is 39.1. The molecule has 0 fully saturated rings. The number of halogens is 3. The summed E-state index contributed by atoms with van der Waals surface area (Å²) in [5, 5.41) is 6.92. The van der Waals surface area contributed by atoms with Gasteiger partial charge in [-0.2, -0.15) is 13.2 Å². The molecule has 0 aliphatic carbocycles. The number of imide groups is 1. The van der Waals surface area contributed by atoms with Gasteiger partial charge in [0.05, 0.1) is 24.3 Å². The predicted molar refractivity (Wildman–Crippen MR) is 109 cm³/mol. The lowest BCUT2D eigenvalue weighted by Crippen LogP contribution is -2.45. The van der Waals surface area contributed by atoms with Gasteiger partial charge >= 0.3 is 12.2 Å². The van der Waals surface area contributed by atoms with E-state index < -0.39 is 29.6 Å². The predicted octanol–water partition coefficient (Wildman–Crippen LogP) is 2.99. The van der Waals surface area contributed by atoms with Gasteiger partial charge in [0, 0.05) is 6.54 Å². The summed E-state index contributed by atoms with van der Waals surface area (Å²) in [7, 11) is 0. The maximum Gasteiger partial charge on any atom is 0.418 e. The quantitative estimate of drug-likeness (QED) is 0.594. The first-order chi connectivity index (χ1) is 14.7. The number of anilines is 1. The number of amides is 4. The van der Waals surface area contributed by atoms with E-state index in [1.807, 2.05) is 30.3 Å². The zero-order valence-corrected chi connectivity index (χ0v) is 16.8. The second kappa shape index (κ2) is 11.1. The van der Waals surface area contributed by atoms with Crippen LogP contribution in [0.25, 0.3) is 0 Å². The highest BCUT2D eigenvalue weighted by Gasteiger charge is 2.33. The highest BCUT2D eigenvalue weighted by molar-refractivity contribution is 5.96. The Morgan fingerprint density at radius 1 is 0.903 bits per heavy atom. The molecule has 0 aliphatic heterocycles. The number of benzene rings is 2. The lowest BCUT2D eigenvalue weighted by molar-refractivity contribution is -0.137. The number of alkyl halides is 3. The number of rotatable bonds is 8. The van der Waals surface area contributed by atoms with Crippen LogP contribution in [0.2, 0.25) is 0 Å². The summed E-state index contributed by atoms with van der Waals surface area (Å²) in [6.07, 6.45) is -4.61. The van der Waals surface area contributed by atoms with Crippen LogP contribution < -0.4 is 16.0 Å². The average Bonchev–Trinajstić information content (AvgIpc) is 2.72. The number of carbonyl (C=O) groups is 3. The number of nitrogens with one attached hydrogen (secondary N) is 3. The molecule has 0 aliphatic rings. The Bertz CT molecular complexity index is 904. The molecule has 0 radical (unpaired) electrons. The van der Waals surface area contributed by atoms with Gasteiger partial charge in [0.2, 0.25) is 11.8 Å².